The summed E-state index contributed by atoms with van der Waals surface area (Å²) in [7, 11) is 3.24. The van der Waals surface area contributed by atoms with E-state index >= 15 is 0 Å². The van der Waals surface area contributed by atoms with E-state index in [9.17, 15) is 0 Å². The number of nitrogens with zero attached hydrogens (tertiary/aromatic N) is 2. The lowest BCUT2D eigenvalue weighted by molar-refractivity contribution is 0.394. The van der Waals surface area contributed by atoms with Crippen molar-refractivity contribution in [2.45, 2.75) is 26.3 Å². The number of aromatic nitrogens is 2. The van der Waals surface area contributed by atoms with Gasteiger partial charge < -0.3 is 15.2 Å². The van der Waals surface area contributed by atoms with Crippen molar-refractivity contribution in [3.63, 3.8) is 0 Å². The number of hydrogen-bond acceptors (Lipinski definition) is 5. The second-order valence-corrected chi connectivity index (χ2v) is 5.11. The number of benzene rings is 1. The summed E-state index contributed by atoms with van der Waals surface area (Å²) in [6.45, 7) is 3.92. The molecule has 0 saturated carbocycles. The zero-order chi connectivity index (χ0) is 15.4. The monoisotopic (exact) mass is 287 g/mol. The van der Waals surface area contributed by atoms with Crippen LogP contribution in [0, 0.1) is 6.92 Å². The van der Waals surface area contributed by atoms with Crippen LogP contribution in [0.2, 0.25) is 0 Å². The molecular formula is C16H21N3O2. The molecule has 21 heavy (non-hydrogen) atoms. The van der Waals surface area contributed by atoms with Crippen LogP contribution in [0.15, 0.2) is 24.3 Å². The number of aryl methyl sites for hydroxylation is 1. The Labute approximate surface area is 125 Å². The minimum atomic E-state index is 0.0620. The molecule has 2 rings (SSSR count). The quantitative estimate of drug-likeness (QED) is 0.914. The highest BCUT2D eigenvalue weighted by Crippen LogP contribution is 2.28. The summed E-state index contributed by atoms with van der Waals surface area (Å²) >= 11 is 0. The third-order valence-electron chi connectivity index (χ3n) is 3.05. The largest absolute Gasteiger partial charge is 0.497 e. The molecule has 112 valence electrons. The van der Waals surface area contributed by atoms with E-state index < -0.39 is 0 Å². The number of hydrogen-bond donors (Lipinski definition) is 1. The molecule has 1 aromatic heterocycles. The fourth-order valence-corrected chi connectivity index (χ4v) is 2.13. The average Bonchev–Trinajstić information content (AvgIpc) is 2.45. The van der Waals surface area contributed by atoms with Crippen LogP contribution in [-0.2, 0) is 6.42 Å². The summed E-state index contributed by atoms with van der Waals surface area (Å²) < 4.78 is 10.6. The third-order valence-corrected chi connectivity index (χ3v) is 3.05. The van der Waals surface area contributed by atoms with Crippen LogP contribution in [0.1, 0.15) is 18.3 Å². The molecule has 0 fully saturated rings. The first-order valence-electron chi connectivity index (χ1n) is 6.85. The first-order valence-corrected chi connectivity index (χ1v) is 6.85. The Morgan fingerprint density at radius 1 is 1.05 bits per heavy atom. The lowest BCUT2D eigenvalue weighted by Gasteiger charge is -2.10. The smallest absolute Gasteiger partial charge is 0.159 e. The molecule has 2 aromatic rings. The molecule has 0 radical (unpaired) electrons. The van der Waals surface area contributed by atoms with E-state index in [1.165, 1.54) is 0 Å². The molecule has 0 amide bonds. The molecule has 0 aliphatic rings. The molecule has 2 N–H and O–H groups in total. The van der Waals surface area contributed by atoms with Crippen LogP contribution in [0.3, 0.4) is 0 Å². The lowest BCUT2D eigenvalue weighted by atomic mass is 10.1. The van der Waals surface area contributed by atoms with Crippen molar-refractivity contribution in [3.05, 3.63) is 35.7 Å². The van der Waals surface area contributed by atoms with E-state index in [0.29, 0.717) is 17.3 Å². The Hall–Kier alpha value is -2.14. The number of rotatable bonds is 5. The van der Waals surface area contributed by atoms with E-state index in [-0.39, 0.29) is 6.04 Å². The van der Waals surface area contributed by atoms with Crippen molar-refractivity contribution in [1.82, 2.24) is 9.97 Å². The van der Waals surface area contributed by atoms with Crippen molar-refractivity contribution in [1.29, 1.82) is 0 Å². The van der Waals surface area contributed by atoms with Crippen molar-refractivity contribution in [2.75, 3.05) is 14.2 Å². The zero-order valence-electron chi connectivity index (χ0n) is 12.9. The molecule has 0 aliphatic heterocycles. The molecule has 0 aliphatic carbocycles. The van der Waals surface area contributed by atoms with Gasteiger partial charge in [0, 0.05) is 35.5 Å². The molecule has 5 nitrogen and oxygen atoms in total. The number of nitrogens with two attached hydrogens (primary N) is 1. The summed E-state index contributed by atoms with van der Waals surface area (Å²) in [6.07, 6.45) is 0.720. The summed E-state index contributed by atoms with van der Waals surface area (Å²) in [4.78, 5) is 9.09. The highest BCUT2D eigenvalue weighted by molar-refractivity contribution is 5.61. The van der Waals surface area contributed by atoms with Crippen molar-refractivity contribution in [2.24, 2.45) is 5.73 Å². The Morgan fingerprint density at radius 3 is 2.19 bits per heavy atom. The van der Waals surface area contributed by atoms with E-state index in [0.717, 1.165) is 23.4 Å². The molecule has 0 spiro atoms. The summed E-state index contributed by atoms with van der Waals surface area (Å²) in [5.41, 5.74) is 8.57. The summed E-state index contributed by atoms with van der Waals surface area (Å²) in [5, 5.41) is 0. The normalized spacial score (nSPS) is 12.0. The fourth-order valence-electron chi connectivity index (χ4n) is 2.13. The van der Waals surface area contributed by atoms with Crippen LogP contribution >= 0.6 is 0 Å². The van der Waals surface area contributed by atoms with E-state index in [1.807, 2.05) is 38.1 Å². The highest BCUT2D eigenvalue weighted by Gasteiger charge is 2.10. The minimum Gasteiger partial charge on any atom is -0.497 e. The molecule has 1 heterocycles. The van der Waals surface area contributed by atoms with Crippen LogP contribution in [0.5, 0.6) is 11.5 Å². The molecule has 0 saturated heterocycles. The van der Waals surface area contributed by atoms with Crippen LogP contribution in [0.25, 0.3) is 11.4 Å². The molecule has 1 aromatic carbocycles. The predicted molar refractivity (Wildman–Crippen MR) is 82.7 cm³/mol. The second kappa shape index (κ2) is 6.54. The first-order chi connectivity index (χ1) is 10.0. The number of methoxy groups -OCH3 is 2. The third kappa shape index (κ3) is 3.92. The van der Waals surface area contributed by atoms with Gasteiger partial charge in [-0.3, -0.25) is 0 Å². The van der Waals surface area contributed by atoms with Crippen LogP contribution < -0.4 is 15.2 Å². The van der Waals surface area contributed by atoms with Crippen molar-refractivity contribution >= 4 is 0 Å². The van der Waals surface area contributed by atoms with E-state index in [1.54, 1.807) is 14.2 Å². The second-order valence-electron chi connectivity index (χ2n) is 5.11. The Kier molecular flexibility index (Phi) is 4.75. The standard InChI is InChI=1S/C16H21N3O2/c1-10(17)5-13-6-11(2)18-16(19-13)12-7-14(20-3)9-15(8-12)21-4/h6-10H,5,17H2,1-4H3. The van der Waals surface area contributed by atoms with E-state index in [4.69, 9.17) is 15.2 Å². The maximum Gasteiger partial charge on any atom is 0.159 e. The SMILES string of the molecule is COc1cc(OC)cc(-c2nc(C)cc(CC(C)N)n2)c1. The lowest BCUT2D eigenvalue weighted by Crippen LogP contribution is -2.19. The van der Waals surface area contributed by atoms with Gasteiger partial charge in [0.25, 0.3) is 0 Å². The van der Waals surface area contributed by atoms with Gasteiger partial charge in [0.05, 0.1) is 14.2 Å². The van der Waals surface area contributed by atoms with E-state index in [2.05, 4.69) is 9.97 Å². The van der Waals surface area contributed by atoms with Gasteiger partial charge in [0.1, 0.15) is 11.5 Å². The Balaban J connectivity index is 2.47. The molecule has 1 unspecified atom stereocenters. The van der Waals surface area contributed by atoms with Gasteiger partial charge in [-0.15, -0.1) is 0 Å². The fraction of sp³-hybridized carbons (Fsp3) is 0.375. The molecule has 5 heteroatoms. The van der Waals surface area contributed by atoms with Gasteiger partial charge >= 0.3 is 0 Å². The molecule has 1 atom stereocenters. The maximum absolute atomic E-state index is 5.85. The maximum atomic E-state index is 5.85. The topological polar surface area (TPSA) is 70.3 Å². The predicted octanol–water partition coefficient (Wildman–Crippen LogP) is 2.36. The minimum absolute atomic E-state index is 0.0620. The van der Waals surface area contributed by atoms with Gasteiger partial charge in [-0.05, 0) is 32.0 Å². The van der Waals surface area contributed by atoms with Gasteiger partial charge in [-0.1, -0.05) is 0 Å². The van der Waals surface area contributed by atoms with Crippen LogP contribution in [-0.4, -0.2) is 30.2 Å². The summed E-state index contributed by atoms with van der Waals surface area (Å²) in [5.74, 6) is 2.08. The van der Waals surface area contributed by atoms with Gasteiger partial charge in [0.2, 0.25) is 0 Å². The first kappa shape index (κ1) is 15.3. The van der Waals surface area contributed by atoms with Gasteiger partial charge in [0.15, 0.2) is 5.82 Å². The zero-order valence-corrected chi connectivity index (χ0v) is 12.9. The average molecular weight is 287 g/mol. The van der Waals surface area contributed by atoms with Crippen LogP contribution in [0.4, 0.5) is 0 Å². The van der Waals surface area contributed by atoms with Gasteiger partial charge in [-0.2, -0.15) is 0 Å². The van der Waals surface area contributed by atoms with Crippen molar-refractivity contribution in [3.8, 4) is 22.9 Å². The Bertz CT molecular complexity index is 605. The summed E-state index contributed by atoms with van der Waals surface area (Å²) in [6, 6.07) is 7.64. The highest BCUT2D eigenvalue weighted by atomic mass is 16.5. The van der Waals surface area contributed by atoms with Crippen molar-refractivity contribution < 1.29 is 9.47 Å². The number of ether oxygens (including phenoxy) is 2. The Morgan fingerprint density at radius 2 is 1.67 bits per heavy atom. The molecule has 0 bridgehead atoms. The molecular weight excluding hydrogens is 266 g/mol. The van der Waals surface area contributed by atoms with Gasteiger partial charge in [-0.25, -0.2) is 9.97 Å².